The first-order valence-corrected chi connectivity index (χ1v) is 4.80. The van der Waals surface area contributed by atoms with Crippen molar-refractivity contribution in [2.75, 3.05) is 0 Å². The predicted molar refractivity (Wildman–Crippen MR) is 62.3 cm³/mol. The first-order chi connectivity index (χ1) is 7.68. The van der Waals surface area contributed by atoms with E-state index in [9.17, 15) is 9.90 Å². The van der Waals surface area contributed by atoms with Gasteiger partial charge in [-0.1, -0.05) is 36.4 Å². The highest BCUT2D eigenvalue weighted by Gasteiger charge is 2.03. The van der Waals surface area contributed by atoms with Gasteiger partial charge in [-0.05, 0) is 11.5 Å². The van der Waals surface area contributed by atoms with Gasteiger partial charge in [0.1, 0.15) is 5.75 Å². The normalized spacial score (nSPS) is 11.0. The molecule has 3 nitrogen and oxygen atoms in total. The standard InChI is InChI=1S/C13H10O3/c14-12(15)8-7-10-6-5-9-3-1-2-4-11(9)13(10)16/h1-8,16H,(H,14,15). The molecule has 0 radical (unpaired) electrons. The van der Waals surface area contributed by atoms with Gasteiger partial charge >= 0.3 is 5.97 Å². The maximum atomic E-state index is 10.4. The van der Waals surface area contributed by atoms with Gasteiger partial charge in [-0.3, -0.25) is 0 Å². The summed E-state index contributed by atoms with van der Waals surface area (Å²) in [5.41, 5.74) is 0.501. The van der Waals surface area contributed by atoms with Crippen LogP contribution in [-0.4, -0.2) is 16.2 Å². The van der Waals surface area contributed by atoms with Gasteiger partial charge in [-0.2, -0.15) is 0 Å². The van der Waals surface area contributed by atoms with Crippen molar-refractivity contribution >= 4 is 22.8 Å². The Kier molecular flexibility index (Phi) is 2.60. The molecule has 3 heteroatoms. The van der Waals surface area contributed by atoms with Gasteiger partial charge in [-0.25, -0.2) is 4.79 Å². The highest BCUT2D eigenvalue weighted by molar-refractivity contribution is 5.93. The fourth-order valence-corrected chi connectivity index (χ4v) is 1.57. The van der Waals surface area contributed by atoms with Crippen molar-refractivity contribution in [2.24, 2.45) is 0 Å². The molecule has 2 aromatic carbocycles. The summed E-state index contributed by atoms with van der Waals surface area (Å²) in [6.45, 7) is 0. The number of hydrogen-bond acceptors (Lipinski definition) is 2. The Labute approximate surface area is 92.3 Å². The number of aromatic hydroxyl groups is 1. The Hall–Kier alpha value is -2.29. The molecule has 0 aliphatic carbocycles. The minimum absolute atomic E-state index is 0.107. The van der Waals surface area contributed by atoms with Crippen LogP contribution in [0.25, 0.3) is 16.8 Å². The van der Waals surface area contributed by atoms with Crippen LogP contribution < -0.4 is 0 Å². The van der Waals surface area contributed by atoms with Crippen molar-refractivity contribution in [3.05, 3.63) is 48.0 Å². The number of phenols is 1. The number of hydrogen-bond donors (Lipinski definition) is 2. The molecule has 16 heavy (non-hydrogen) atoms. The Morgan fingerprint density at radius 2 is 1.88 bits per heavy atom. The summed E-state index contributed by atoms with van der Waals surface area (Å²) in [5, 5.41) is 20.1. The topological polar surface area (TPSA) is 57.5 Å². The van der Waals surface area contributed by atoms with Gasteiger partial charge in [0.05, 0.1) is 0 Å². The Bertz CT molecular complexity index is 570. The molecule has 0 aromatic heterocycles. The van der Waals surface area contributed by atoms with Crippen LogP contribution >= 0.6 is 0 Å². The van der Waals surface area contributed by atoms with Crippen LogP contribution in [0.15, 0.2) is 42.5 Å². The fourth-order valence-electron chi connectivity index (χ4n) is 1.57. The van der Waals surface area contributed by atoms with Crippen LogP contribution in [0, 0.1) is 0 Å². The average molecular weight is 214 g/mol. The maximum Gasteiger partial charge on any atom is 0.328 e. The second-order valence-corrected chi connectivity index (χ2v) is 3.40. The first-order valence-electron chi connectivity index (χ1n) is 4.80. The van der Waals surface area contributed by atoms with Crippen molar-refractivity contribution in [3.63, 3.8) is 0 Å². The zero-order valence-corrected chi connectivity index (χ0v) is 8.42. The van der Waals surface area contributed by atoms with Crippen LogP contribution in [0.2, 0.25) is 0 Å². The molecule has 0 heterocycles. The summed E-state index contributed by atoms with van der Waals surface area (Å²) in [6, 6.07) is 10.9. The minimum atomic E-state index is -1.03. The fraction of sp³-hybridized carbons (Fsp3) is 0. The molecule has 2 N–H and O–H groups in total. The van der Waals surface area contributed by atoms with E-state index in [2.05, 4.69) is 0 Å². The van der Waals surface area contributed by atoms with E-state index >= 15 is 0 Å². The Balaban J connectivity index is 2.56. The van der Waals surface area contributed by atoms with E-state index < -0.39 is 5.97 Å². The average Bonchev–Trinajstić information content (AvgIpc) is 2.28. The highest BCUT2D eigenvalue weighted by Crippen LogP contribution is 2.29. The van der Waals surface area contributed by atoms with E-state index in [0.717, 1.165) is 16.8 Å². The monoisotopic (exact) mass is 214 g/mol. The van der Waals surface area contributed by atoms with Crippen molar-refractivity contribution in [2.45, 2.75) is 0 Å². The quantitative estimate of drug-likeness (QED) is 0.755. The maximum absolute atomic E-state index is 10.4. The number of fused-ring (bicyclic) bond motifs is 1. The molecule has 80 valence electrons. The van der Waals surface area contributed by atoms with E-state index in [1.165, 1.54) is 6.08 Å². The van der Waals surface area contributed by atoms with Gasteiger partial charge in [0.15, 0.2) is 0 Å². The molecule has 0 aliphatic heterocycles. The number of carbonyl (C=O) groups is 1. The zero-order chi connectivity index (χ0) is 11.5. The predicted octanol–water partition coefficient (Wildman–Crippen LogP) is 2.64. The number of aliphatic carboxylic acids is 1. The number of carboxylic acids is 1. The Morgan fingerprint density at radius 1 is 1.12 bits per heavy atom. The van der Waals surface area contributed by atoms with Crippen molar-refractivity contribution in [1.29, 1.82) is 0 Å². The summed E-state index contributed by atoms with van der Waals surface area (Å²) >= 11 is 0. The number of benzene rings is 2. The lowest BCUT2D eigenvalue weighted by Gasteiger charge is -2.03. The van der Waals surface area contributed by atoms with Crippen LogP contribution in [0.1, 0.15) is 5.56 Å². The van der Waals surface area contributed by atoms with E-state index in [1.807, 2.05) is 24.3 Å². The molecule has 0 saturated heterocycles. The van der Waals surface area contributed by atoms with Crippen molar-refractivity contribution in [1.82, 2.24) is 0 Å². The van der Waals surface area contributed by atoms with E-state index in [4.69, 9.17) is 5.11 Å². The van der Waals surface area contributed by atoms with Gasteiger partial charge in [0.2, 0.25) is 0 Å². The number of phenolic OH excluding ortho intramolecular Hbond substituents is 1. The summed E-state index contributed by atoms with van der Waals surface area (Å²) < 4.78 is 0. The van der Waals surface area contributed by atoms with Gasteiger partial charge in [0.25, 0.3) is 0 Å². The second-order valence-electron chi connectivity index (χ2n) is 3.40. The molecule has 2 rings (SSSR count). The number of carboxylic acid groups (broad SMARTS) is 1. The lowest BCUT2D eigenvalue weighted by atomic mass is 10.1. The lowest BCUT2D eigenvalue weighted by Crippen LogP contribution is -1.86. The number of rotatable bonds is 2. The molecule has 0 atom stereocenters. The van der Waals surface area contributed by atoms with Gasteiger partial charge < -0.3 is 10.2 Å². The zero-order valence-electron chi connectivity index (χ0n) is 8.42. The minimum Gasteiger partial charge on any atom is -0.507 e. The molecule has 2 aromatic rings. The highest BCUT2D eigenvalue weighted by atomic mass is 16.4. The van der Waals surface area contributed by atoms with Crippen LogP contribution in [0.5, 0.6) is 5.75 Å². The van der Waals surface area contributed by atoms with E-state index in [-0.39, 0.29) is 5.75 Å². The summed E-state index contributed by atoms with van der Waals surface area (Å²) in [6.07, 6.45) is 2.38. The molecule has 0 aliphatic rings. The van der Waals surface area contributed by atoms with E-state index in [0.29, 0.717) is 5.56 Å². The van der Waals surface area contributed by atoms with E-state index in [1.54, 1.807) is 12.1 Å². The van der Waals surface area contributed by atoms with Crippen molar-refractivity contribution in [3.8, 4) is 5.75 Å². The molecule has 0 unspecified atom stereocenters. The summed E-state index contributed by atoms with van der Waals surface area (Å²) in [7, 11) is 0. The molecule has 0 amide bonds. The third-order valence-electron chi connectivity index (χ3n) is 2.34. The Morgan fingerprint density at radius 3 is 2.62 bits per heavy atom. The third kappa shape index (κ3) is 1.88. The largest absolute Gasteiger partial charge is 0.507 e. The molecule has 0 spiro atoms. The summed E-state index contributed by atoms with van der Waals surface area (Å²) in [4.78, 5) is 10.4. The molecule has 0 bridgehead atoms. The lowest BCUT2D eigenvalue weighted by molar-refractivity contribution is -0.131. The summed E-state index contributed by atoms with van der Waals surface area (Å²) in [5.74, 6) is -0.928. The van der Waals surface area contributed by atoms with Crippen molar-refractivity contribution < 1.29 is 15.0 Å². The third-order valence-corrected chi connectivity index (χ3v) is 2.34. The molecular formula is C13H10O3. The molecule has 0 saturated carbocycles. The molecular weight excluding hydrogens is 204 g/mol. The van der Waals surface area contributed by atoms with Gasteiger partial charge in [0, 0.05) is 17.0 Å². The smallest absolute Gasteiger partial charge is 0.328 e. The SMILES string of the molecule is O=C(O)C=Cc1ccc2ccccc2c1O. The second kappa shape index (κ2) is 4.06. The van der Waals surface area contributed by atoms with Crippen LogP contribution in [0.3, 0.4) is 0 Å². The van der Waals surface area contributed by atoms with Crippen LogP contribution in [-0.2, 0) is 4.79 Å². The van der Waals surface area contributed by atoms with Crippen LogP contribution in [0.4, 0.5) is 0 Å². The van der Waals surface area contributed by atoms with Gasteiger partial charge in [-0.15, -0.1) is 0 Å². The first kappa shape index (κ1) is 10.2. The molecule has 0 fully saturated rings.